The molecule has 0 radical (unpaired) electrons. The van der Waals surface area contributed by atoms with Crippen molar-refractivity contribution in [2.24, 2.45) is 0 Å². The number of aliphatic hydroxyl groups excluding tert-OH is 1. The third-order valence-corrected chi connectivity index (χ3v) is 8.95. The van der Waals surface area contributed by atoms with Crippen molar-refractivity contribution in [1.82, 2.24) is 19.2 Å². The third kappa shape index (κ3) is 4.27. The van der Waals surface area contributed by atoms with Crippen LogP contribution in [0.15, 0.2) is 6.33 Å². The molecule has 1 aliphatic heterocycles. The quantitative estimate of drug-likeness (QED) is 0.729. The minimum atomic E-state index is -3.48. The molecule has 1 saturated carbocycles. The van der Waals surface area contributed by atoms with E-state index in [2.05, 4.69) is 29.0 Å². The molecule has 29 heavy (non-hydrogen) atoms. The molecule has 1 N–H and O–H groups in total. The van der Waals surface area contributed by atoms with Crippen molar-refractivity contribution in [3.8, 4) is 5.88 Å². The van der Waals surface area contributed by atoms with Gasteiger partial charge in [-0.1, -0.05) is 0 Å². The van der Waals surface area contributed by atoms with Crippen molar-refractivity contribution in [2.45, 2.75) is 50.8 Å². The van der Waals surface area contributed by atoms with Gasteiger partial charge in [-0.25, -0.2) is 18.4 Å². The fourth-order valence-corrected chi connectivity index (χ4v) is 6.58. The Hall–Kier alpha value is -1.33. The Bertz CT molecular complexity index is 968. The number of aliphatic hydroxyl groups is 1. The van der Waals surface area contributed by atoms with Crippen LogP contribution < -0.4 is 4.74 Å². The first-order valence-electron chi connectivity index (χ1n) is 10.1. The van der Waals surface area contributed by atoms with Gasteiger partial charge in [0.25, 0.3) is 0 Å². The average Bonchev–Trinajstić information content (AvgIpc) is 3.07. The predicted octanol–water partition coefficient (Wildman–Crippen LogP) is 1.62. The van der Waals surface area contributed by atoms with Crippen molar-refractivity contribution >= 4 is 31.6 Å². The Labute approximate surface area is 175 Å². The molecular formula is C19H28N4O4S2. The van der Waals surface area contributed by atoms with Crippen LogP contribution in [0.5, 0.6) is 5.88 Å². The highest BCUT2D eigenvalue weighted by Gasteiger charge is 2.31. The van der Waals surface area contributed by atoms with Crippen LogP contribution in [0.2, 0.25) is 0 Å². The molecule has 2 aromatic heterocycles. The van der Waals surface area contributed by atoms with Crippen LogP contribution in [0.25, 0.3) is 10.2 Å². The number of ether oxygens (including phenoxy) is 1. The Morgan fingerprint density at radius 3 is 2.72 bits per heavy atom. The predicted molar refractivity (Wildman–Crippen MR) is 113 cm³/mol. The molecule has 3 heterocycles. The van der Waals surface area contributed by atoms with Crippen molar-refractivity contribution in [3.05, 3.63) is 16.8 Å². The molecule has 0 aromatic carbocycles. The summed E-state index contributed by atoms with van der Waals surface area (Å²) in [6.45, 7) is 0.345. The van der Waals surface area contributed by atoms with E-state index in [9.17, 15) is 8.42 Å². The lowest BCUT2D eigenvalue weighted by Gasteiger charge is -2.32. The number of thiophene rings is 1. The molecule has 0 saturated heterocycles. The number of aromatic nitrogens is 2. The maximum Gasteiger partial charge on any atom is 0.225 e. The molecule has 2 aliphatic rings. The second-order valence-corrected chi connectivity index (χ2v) is 11.2. The van der Waals surface area contributed by atoms with Gasteiger partial charge in [0.05, 0.1) is 17.7 Å². The highest BCUT2D eigenvalue weighted by Crippen LogP contribution is 2.39. The molecule has 10 heteroatoms. The zero-order chi connectivity index (χ0) is 20.6. The monoisotopic (exact) mass is 440 g/mol. The Morgan fingerprint density at radius 1 is 1.28 bits per heavy atom. The van der Waals surface area contributed by atoms with E-state index in [0.29, 0.717) is 24.9 Å². The number of sulfonamides is 1. The van der Waals surface area contributed by atoms with E-state index in [-0.39, 0.29) is 25.0 Å². The summed E-state index contributed by atoms with van der Waals surface area (Å²) in [7, 11) is 0.763. The van der Waals surface area contributed by atoms with Crippen LogP contribution in [0.1, 0.15) is 36.1 Å². The standard InChI is InChI=1S/C19H28N4O4S2/c1-22(2)13-3-5-14(6-4-13)27-18-17-15-11-23(29(25,26)10-9-24)8-7-16(15)28-19(17)21-12-20-18/h12-14,24H,3-11H2,1-2H3/t13-,14-. The number of hydrogen-bond acceptors (Lipinski definition) is 8. The maximum atomic E-state index is 12.4. The van der Waals surface area contributed by atoms with Crippen molar-refractivity contribution in [1.29, 1.82) is 0 Å². The topological polar surface area (TPSA) is 95.9 Å². The largest absolute Gasteiger partial charge is 0.474 e. The van der Waals surface area contributed by atoms with E-state index in [1.54, 1.807) is 11.3 Å². The first-order valence-corrected chi connectivity index (χ1v) is 12.5. The summed E-state index contributed by atoms with van der Waals surface area (Å²) in [5, 5.41) is 9.94. The van der Waals surface area contributed by atoms with Gasteiger partial charge in [0.2, 0.25) is 15.9 Å². The zero-order valence-corrected chi connectivity index (χ0v) is 18.5. The highest BCUT2D eigenvalue weighted by atomic mass is 32.2. The average molecular weight is 441 g/mol. The van der Waals surface area contributed by atoms with E-state index < -0.39 is 10.0 Å². The van der Waals surface area contributed by atoms with Gasteiger partial charge in [0.1, 0.15) is 17.3 Å². The molecule has 2 aromatic rings. The first kappa shape index (κ1) is 20.9. The van der Waals surface area contributed by atoms with E-state index in [4.69, 9.17) is 9.84 Å². The Morgan fingerprint density at radius 2 is 2.03 bits per heavy atom. The number of hydrogen-bond donors (Lipinski definition) is 1. The molecular weight excluding hydrogens is 412 g/mol. The van der Waals surface area contributed by atoms with Crippen LogP contribution in [-0.2, 0) is 23.0 Å². The molecule has 8 nitrogen and oxygen atoms in total. The van der Waals surface area contributed by atoms with Gasteiger partial charge in [0.15, 0.2) is 0 Å². The summed E-state index contributed by atoms with van der Waals surface area (Å²) in [5.74, 6) is 0.321. The van der Waals surface area contributed by atoms with Gasteiger partial charge in [-0.2, -0.15) is 4.31 Å². The normalized spacial score (nSPS) is 23.4. The van der Waals surface area contributed by atoms with E-state index in [1.807, 2.05) is 0 Å². The van der Waals surface area contributed by atoms with Crippen molar-refractivity contribution in [3.63, 3.8) is 0 Å². The van der Waals surface area contributed by atoms with Gasteiger partial charge in [0, 0.05) is 24.0 Å². The molecule has 0 unspecified atom stereocenters. The summed E-state index contributed by atoms with van der Waals surface area (Å²) < 4.78 is 32.7. The third-order valence-electron chi connectivity index (χ3n) is 5.95. The molecule has 0 bridgehead atoms. The minimum absolute atomic E-state index is 0.123. The van der Waals surface area contributed by atoms with Gasteiger partial charge < -0.3 is 14.7 Å². The molecule has 0 atom stereocenters. The zero-order valence-electron chi connectivity index (χ0n) is 16.9. The second-order valence-electron chi connectivity index (χ2n) is 8.00. The van der Waals surface area contributed by atoms with E-state index in [0.717, 1.165) is 46.3 Å². The summed E-state index contributed by atoms with van der Waals surface area (Å²) in [6, 6.07) is 0.597. The Kier molecular flexibility index (Phi) is 6.08. The van der Waals surface area contributed by atoms with Crippen LogP contribution in [-0.4, -0.2) is 77.8 Å². The summed E-state index contributed by atoms with van der Waals surface area (Å²) in [6.07, 6.45) is 6.47. The lowest BCUT2D eigenvalue weighted by molar-refractivity contribution is 0.108. The fourth-order valence-electron chi connectivity index (χ4n) is 4.27. The molecule has 1 fully saturated rings. The lowest BCUT2D eigenvalue weighted by Crippen LogP contribution is -2.37. The van der Waals surface area contributed by atoms with Gasteiger partial charge in [-0.3, -0.25) is 0 Å². The maximum absolute atomic E-state index is 12.4. The smallest absolute Gasteiger partial charge is 0.225 e. The van der Waals surface area contributed by atoms with E-state index in [1.165, 1.54) is 10.6 Å². The van der Waals surface area contributed by atoms with Crippen LogP contribution in [0.4, 0.5) is 0 Å². The summed E-state index contributed by atoms with van der Waals surface area (Å²) in [4.78, 5) is 13.1. The molecule has 0 amide bonds. The number of nitrogens with zero attached hydrogens (tertiary/aromatic N) is 4. The van der Waals surface area contributed by atoms with E-state index >= 15 is 0 Å². The SMILES string of the molecule is CN(C)[C@H]1CC[C@H](Oc2ncnc3sc4c(c23)CN(S(=O)(=O)CCO)CC4)CC1. The van der Waals surface area contributed by atoms with Gasteiger partial charge in [-0.15, -0.1) is 11.3 Å². The van der Waals surface area contributed by atoms with Crippen LogP contribution in [0, 0.1) is 0 Å². The van der Waals surface area contributed by atoms with Gasteiger partial charge in [-0.05, 0) is 51.8 Å². The second kappa shape index (κ2) is 8.43. The molecule has 1 aliphatic carbocycles. The van der Waals surface area contributed by atoms with Gasteiger partial charge >= 0.3 is 0 Å². The highest BCUT2D eigenvalue weighted by molar-refractivity contribution is 7.89. The van der Waals surface area contributed by atoms with Crippen molar-refractivity contribution in [2.75, 3.05) is 33.0 Å². The Balaban J connectivity index is 1.59. The number of rotatable bonds is 6. The van der Waals surface area contributed by atoms with Crippen LogP contribution in [0.3, 0.4) is 0 Å². The fraction of sp³-hybridized carbons (Fsp3) is 0.684. The first-order chi connectivity index (χ1) is 13.9. The van der Waals surface area contributed by atoms with Crippen molar-refractivity contribution < 1.29 is 18.3 Å². The molecule has 160 valence electrons. The number of fused-ring (bicyclic) bond motifs is 3. The molecule has 0 spiro atoms. The van der Waals surface area contributed by atoms with Crippen LogP contribution >= 0.6 is 11.3 Å². The molecule has 4 rings (SSSR count). The lowest BCUT2D eigenvalue weighted by atomic mass is 9.92. The summed E-state index contributed by atoms with van der Waals surface area (Å²) in [5.41, 5.74) is 0.954. The summed E-state index contributed by atoms with van der Waals surface area (Å²) >= 11 is 1.60. The minimum Gasteiger partial charge on any atom is -0.474 e.